The molecule has 58 valence electrons. The lowest BCUT2D eigenvalue weighted by molar-refractivity contribution is 0.269. The predicted octanol–water partition coefficient (Wildman–Crippen LogP) is -0.671. The second kappa shape index (κ2) is 3.03. The van der Waals surface area contributed by atoms with E-state index < -0.39 is 0 Å². The van der Waals surface area contributed by atoms with E-state index >= 15 is 0 Å². The second-order valence-electron chi connectivity index (χ2n) is 2.03. The minimum Gasteiger partial charge on any atom is -0.395 e. The van der Waals surface area contributed by atoms with Gasteiger partial charge in [0.2, 0.25) is 0 Å². The van der Waals surface area contributed by atoms with Crippen molar-refractivity contribution in [2.24, 2.45) is 0 Å². The zero-order valence-corrected chi connectivity index (χ0v) is 5.86. The fraction of sp³-hybridized carbons (Fsp3) is 0.333. The van der Waals surface area contributed by atoms with Crippen LogP contribution in [0.5, 0.6) is 0 Å². The Balaban J connectivity index is 2.89. The molecule has 0 saturated carbocycles. The van der Waals surface area contributed by atoms with Gasteiger partial charge in [0.1, 0.15) is 6.07 Å². The summed E-state index contributed by atoms with van der Waals surface area (Å²) < 4.78 is 1.44. The number of nitrogens with two attached hydrogens (primary N) is 1. The standard InChI is InChI=1S/C6H8N4O/c7-3-6-5(8)4-10(9-6)1-2-11/h4,11H,1-2,8H2. The van der Waals surface area contributed by atoms with E-state index in [9.17, 15) is 0 Å². The van der Waals surface area contributed by atoms with Gasteiger partial charge in [-0.2, -0.15) is 10.4 Å². The van der Waals surface area contributed by atoms with Crippen LogP contribution in [0.2, 0.25) is 0 Å². The van der Waals surface area contributed by atoms with Gasteiger partial charge in [0.05, 0.1) is 18.8 Å². The van der Waals surface area contributed by atoms with Crippen molar-refractivity contribution in [1.29, 1.82) is 5.26 Å². The topological polar surface area (TPSA) is 87.9 Å². The number of anilines is 1. The molecule has 0 atom stereocenters. The highest BCUT2D eigenvalue weighted by atomic mass is 16.3. The van der Waals surface area contributed by atoms with Crippen molar-refractivity contribution in [2.75, 3.05) is 12.3 Å². The molecule has 3 N–H and O–H groups in total. The van der Waals surface area contributed by atoms with Crippen molar-refractivity contribution in [3.8, 4) is 6.07 Å². The molecule has 1 aromatic rings. The summed E-state index contributed by atoms with van der Waals surface area (Å²) in [4.78, 5) is 0. The number of nitriles is 1. The highest BCUT2D eigenvalue weighted by Gasteiger charge is 2.02. The normalized spacial score (nSPS) is 9.45. The lowest BCUT2D eigenvalue weighted by Crippen LogP contribution is -2.02. The number of nitrogen functional groups attached to an aromatic ring is 1. The second-order valence-corrected chi connectivity index (χ2v) is 2.03. The van der Waals surface area contributed by atoms with Gasteiger partial charge >= 0.3 is 0 Å². The van der Waals surface area contributed by atoms with Crippen LogP contribution in [-0.2, 0) is 6.54 Å². The summed E-state index contributed by atoms with van der Waals surface area (Å²) in [6, 6.07) is 1.84. The summed E-state index contributed by atoms with van der Waals surface area (Å²) in [6.45, 7) is 0.359. The summed E-state index contributed by atoms with van der Waals surface area (Å²) in [6.07, 6.45) is 1.52. The van der Waals surface area contributed by atoms with Gasteiger partial charge in [0.25, 0.3) is 0 Å². The van der Waals surface area contributed by atoms with Crippen LogP contribution in [0.1, 0.15) is 5.69 Å². The van der Waals surface area contributed by atoms with E-state index in [0.29, 0.717) is 12.2 Å². The maximum absolute atomic E-state index is 8.51. The Morgan fingerprint density at radius 1 is 1.82 bits per heavy atom. The number of aliphatic hydroxyl groups excluding tert-OH is 1. The minimum absolute atomic E-state index is 0.00795. The first-order valence-electron chi connectivity index (χ1n) is 3.12. The molecule has 1 heterocycles. The molecule has 0 aliphatic heterocycles. The van der Waals surface area contributed by atoms with E-state index in [0.717, 1.165) is 0 Å². The van der Waals surface area contributed by atoms with Gasteiger partial charge in [-0.15, -0.1) is 0 Å². The molecule has 1 aromatic heterocycles. The van der Waals surface area contributed by atoms with Crippen molar-refractivity contribution >= 4 is 5.69 Å². The number of aromatic nitrogens is 2. The number of hydrogen-bond donors (Lipinski definition) is 2. The number of nitrogens with zero attached hydrogens (tertiary/aromatic N) is 3. The molecule has 0 bridgehead atoms. The molecular formula is C6H8N4O. The Morgan fingerprint density at radius 3 is 3.00 bits per heavy atom. The molecule has 5 heteroatoms. The summed E-state index contributed by atoms with van der Waals surface area (Å²) in [5.74, 6) is 0. The number of hydrogen-bond acceptors (Lipinski definition) is 4. The van der Waals surface area contributed by atoms with Crippen LogP contribution in [0.15, 0.2) is 6.20 Å². The molecule has 5 nitrogen and oxygen atoms in total. The molecule has 0 spiro atoms. The maximum atomic E-state index is 8.51. The summed E-state index contributed by atoms with van der Waals surface area (Å²) in [7, 11) is 0. The van der Waals surface area contributed by atoms with Crippen LogP contribution in [-0.4, -0.2) is 21.5 Å². The Labute approximate surface area is 63.7 Å². The van der Waals surface area contributed by atoms with Crippen LogP contribution in [0.25, 0.3) is 0 Å². The fourth-order valence-electron chi connectivity index (χ4n) is 0.741. The molecular weight excluding hydrogens is 144 g/mol. The SMILES string of the molecule is N#Cc1nn(CCO)cc1N. The lowest BCUT2D eigenvalue weighted by atomic mass is 10.4. The maximum Gasteiger partial charge on any atom is 0.185 e. The molecule has 0 aromatic carbocycles. The molecule has 1 rings (SSSR count). The van der Waals surface area contributed by atoms with Crippen molar-refractivity contribution in [1.82, 2.24) is 9.78 Å². The van der Waals surface area contributed by atoms with E-state index in [4.69, 9.17) is 16.1 Å². The van der Waals surface area contributed by atoms with E-state index in [1.54, 1.807) is 0 Å². The van der Waals surface area contributed by atoms with Crippen molar-refractivity contribution in [2.45, 2.75) is 6.54 Å². The zero-order chi connectivity index (χ0) is 8.27. The summed E-state index contributed by atoms with van der Waals surface area (Å²) in [5, 5.41) is 20.7. The predicted molar refractivity (Wildman–Crippen MR) is 38.4 cm³/mol. The Kier molecular flexibility index (Phi) is 2.09. The van der Waals surface area contributed by atoms with Crippen molar-refractivity contribution < 1.29 is 5.11 Å². The van der Waals surface area contributed by atoms with Gasteiger partial charge in [-0.25, -0.2) is 0 Å². The average molecular weight is 152 g/mol. The monoisotopic (exact) mass is 152 g/mol. The third-order valence-electron chi connectivity index (χ3n) is 1.22. The van der Waals surface area contributed by atoms with Gasteiger partial charge in [0.15, 0.2) is 5.69 Å². The fourth-order valence-corrected chi connectivity index (χ4v) is 0.741. The van der Waals surface area contributed by atoms with Crippen LogP contribution in [0, 0.1) is 11.3 Å². The molecule has 0 amide bonds. The summed E-state index contributed by atoms with van der Waals surface area (Å²) in [5.41, 5.74) is 5.95. The lowest BCUT2D eigenvalue weighted by Gasteiger charge is -1.92. The zero-order valence-electron chi connectivity index (χ0n) is 5.86. The van der Waals surface area contributed by atoms with Gasteiger partial charge in [0, 0.05) is 6.20 Å². The van der Waals surface area contributed by atoms with E-state index in [2.05, 4.69) is 5.10 Å². The van der Waals surface area contributed by atoms with Gasteiger partial charge in [-0.05, 0) is 0 Å². The molecule has 0 unspecified atom stereocenters. The molecule has 0 radical (unpaired) electrons. The first-order chi connectivity index (χ1) is 5.27. The largest absolute Gasteiger partial charge is 0.395 e. The van der Waals surface area contributed by atoms with Gasteiger partial charge < -0.3 is 10.8 Å². The van der Waals surface area contributed by atoms with Crippen molar-refractivity contribution in [3.05, 3.63) is 11.9 Å². The molecule has 0 aliphatic carbocycles. The molecule has 11 heavy (non-hydrogen) atoms. The number of aliphatic hydroxyl groups is 1. The van der Waals surface area contributed by atoms with E-state index in [-0.39, 0.29) is 12.3 Å². The highest BCUT2D eigenvalue weighted by molar-refractivity contribution is 5.47. The quantitative estimate of drug-likeness (QED) is 0.588. The third kappa shape index (κ3) is 1.48. The Hall–Kier alpha value is -1.54. The summed E-state index contributed by atoms with van der Waals surface area (Å²) >= 11 is 0. The molecule has 0 fully saturated rings. The molecule has 0 saturated heterocycles. The first-order valence-corrected chi connectivity index (χ1v) is 3.12. The van der Waals surface area contributed by atoms with Gasteiger partial charge in [-0.3, -0.25) is 4.68 Å². The minimum atomic E-state index is -0.00795. The van der Waals surface area contributed by atoms with E-state index in [1.165, 1.54) is 10.9 Å². The van der Waals surface area contributed by atoms with Crippen LogP contribution < -0.4 is 5.73 Å². The van der Waals surface area contributed by atoms with Crippen LogP contribution in [0.3, 0.4) is 0 Å². The van der Waals surface area contributed by atoms with Crippen LogP contribution in [0.4, 0.5) is 5.69 Å². The Morgan fingerprint density at radius 2 is 2.55 bits per heavy atom. The highest BCUT2D eigenvalue weighted by Crippen LogP contribution is 2.05. The Bertz CT molecular complexity index is 285. The third-order valence-corrected chi connectivity index (χ3v) is 1.22. The van der Waals surface area contributed by atoms with E-state index in [1.807, 2.05) is 6.07 Å². The average Bonchev–Trinajstić information content (AvgIpc) is 2.32. The molecule has 0 aliphatic rings. The number of rotatable bonds is 2. The van der Waals surface area contributed by atoms with Gasteiger partial charge in [-0.1, -0.05) is 0 Å². The first kappa shape index (κ1) is 7.57. The van der Waals surface area contributed by atoms with Crippen molar-refractivity contribution in [3.63, 3.8) is 0 Å². The van der Waals surface area contributed by atoms with Crippen LogP contribution >= 0.6 is 0 Å². The smallest absolute Gasteiger partial charge is 0.185 e.